The normalized spacial score (nSPS) is 19.9. The SMILES string of the molecule is O=[N+]([O-])c1cc(Br)cnc1OC1CCCNC1. The van der Waals surface area contributed by atoms with Crippen LogP contribution in [0.5, 0.6) is 5.88 Å². The maximum atomic E-state index is 10.9. The van der Waals surface area contributed by atoms with E-state index in [0.717, 1.165) is 19.4 Å². The number of halogens is 1. The fourth-order valence-corrected chi connectivity index (χ4v) is 2.04. The van der Waals surface area contributed by atoms with Crippen LogP contribution in [0.4, 0.5) is 5.69 Å². The molecule has 2 heterocycles. The van der Waals surface area contributed by atoms with E-state index in [-0.39, 0.29) is 17.7 Å². The molecule has 1 saturated heterocycles. The average Bonchev–Trinajstić information content (AvgIpc) is 2.32. The first-order valence-electron chi connectivity index (χ1n) is 5.34. The monoisotopic (exact) mass is 301 g/mol. The lowest BCUT2D eigenvalue weighted by Gasteiger charge is -2.23. The van der Waals surface area contributed by atoms with E-state index in [1.165, 1.54) is 12.3 Å². The summed E-state index contributed by atoms with van der Waals surface area (Å²) < 4.78 is 6.13. The van der Waals surface area contributed by atoms with Crippen molar-refractivity contribution in [3.63, 3.8) is 0 Å². The average molecular weight is 302 g/mol. The van der Waals surface area contributed by atoms with Crippen molar-refractivity contribution < 1.29 is 9.66 Å². The summed E-state index contributed by atoms with van der Waals surface area (Å²) in [6.07, 6.45) is 3.35. The number of nitrogens with one attached hydrogen (secondary N) is 1. The van der Waals surface area contributed by atoms with Gasteiger partial charge < -0.3 is 10.1 Å². The first-order chi connectivity index (χ1) is 8.16. The van der Waals surface area contributed by atoms with Crippen molar-refractivity contribution >= 4 is 21.6 Å². The van der Waals surface area contributed by atoms with Crippen LogP contribution in [0, 0.1) is 10.1 Å². The Hall–Kier alpha value is -1.21. The molecular formula is C10H12BrN3O3. The Morgan fingerprint density at radius 2 is 2.47 bits per heavy atom. The van der Waals surface area contributed by atoms with Gasteiger partial charge in [-0.1, -0.05) is 0 Å². The Bertz CT molecular complexity index is 421. The van der Waals surface area contributed by atoms with Crippen molar-refractivity contribution in [2.45, 2.75) is 18.9 Å². The molecule has 2 rings (SSSR count). The van der Waals surface area contributed by atoms with Crippen LogP contribution in [-0.2, 0) is 0 Å². The molecule has 0 aromatic carbocycles. The molecule has 0 saturated carbocycles. The smallest absolute Gasteiger partial charge is 0.332 e. The Balaban J connectivity index is 2.16. The minimum atomic E-state index is -0.483. The number of rotatable bonds is 3. The lowest BCUT2D eigenvalue weighted by molar-refractivity contribution is -0.386. The van der Waals surface area contributed by atoms with Crippen molar-refractivity contribution in [2.24, 2.45) is 0 Å². The highest BCUT2D eigenvalue weighted by Gasteiger charge is 2.22. The molecule has 7 heteroatoms. The Morgan fingerprint density at radius 1 is 1.65 bits per heavy atom. The fraction of sp³-hybridized carbons (Fsp3) is 0.500. The maximum absolute atomic E-state index is 10.9. The van der Waals surface area contributed by atoms with Crippen molar-refractivity contribution in [3.8, 4) is 5.88 Å². The molecule has 1 unspecified atom stereocenters. The molecule has 0 amide bonds. The molecule has 1 aromatic heterocycles. The predicted octanol–water partition coefficient (Wildman–Crippen LogP) is 1.88. The van der Waals surface area contributed by atoms with E-state index in [4.69, 9.17) is 4.74 Å². The third kappa shape index (κ3) is 3.13. The first kappa shape index (κ1) is 12.3. The summed E-state index contributed by atoms with van der Waals surface area (Å²) in [7, 11) is 0. The number of hydrogen-bond donors (Lipinski definition) is 1. The molecular weight excluding hydrogens is 290 g/mol. The standard InChI is InChI=1S/C10H12BrN3O3/c11-7-4-9(14(15)16)10(13-5-7)17-8-2-1-3-12-6-8/h4-5,8,12H,1-3,6H2. The lowest BCUT2D eigenvalue weighted by atomic mass is 10.1. The van der Waals surface area contributed by atoms with Gasteiger partial charge in [0.25, 0.3) is 5.88 Å². The molecule has 1 aromatic rings. The van der Waals surface area contributed by atoms with Gasteiger partial charge in [0.1, 0.15) is 6.10 Å². The van der Waals surface area contributed by atoms with Gasteiger partial charge >= 0.3 is 5.69 Å². The van der Waals surface area contributed by atoms with Crippen LogP contribution in [0.25, 0.3) is 0 Å². The first-order valence-corrected chi connectivity index (χ1v) is 6.13. The van der Waals surface area contributed by atoms with Gasteiger partial charge in [0.05, 0.1) is 4.92 Å². The van der Waals surface area contributed by atoms with Crippen molar-refractivity contribution in [1.82, 2.24) is 10.3 Å². The topological polar surface area (TPSA) is 77.3 Å². The van der Waals surface area contributed by atoms with Gasteiger partial charge in [-0.15, -0.1) is 0 Å². The zero-order chi connectivity index (χ0) is 12.3. The van der Waals surface area contributed by atoms with Crippen LogP contribution in [0.15, 0.2) is 16.7 Å². The van der Waals surface area contributed by atoms with Crippen molar-refractivity contribution in [2.75, 3.05) is 13.1 Å². The van der Waals surface area contributed by atoms with Gasteiger partial charge in [0, 0.05) is 23.3 Å². The van der Waals surface area contributed by atoms with Crippen LogP contribution in [0.2, 0.25) is 0 Å². The van der Waals surface area contributed by atoms with Gasteiger partial charge in [0.15, 0.2) is 0 Å². The summed E-state index contributed by atoms with van der Waals surface area (Å²) in [5, 5.41) is 14.0. The summed E-state index contributed by atoms with van der Waals surface area (Å²) in [4.78, 5) is 14.3. The second kappa shape index (κ2) is 5.42. The molecule has 0 bridgehead atoms. The van der Waals surface area contributed by atoms with Crippen molar-refractivity contribution in [3.05, 3.63) is 26.9 Å². The van der Waals surface area contributed by atoms with E-state index in [1.54, 1.807) is 0 Å². The van der Waals surface area contributed by atoms with E-state index in [1.807, 2.05) is 0 Å². The molecule has 0 aliphatic carbocycles. The van der Waals surface area contributed by atoms with Gasteiger partial charge in [-0.3, -0.25) is 10.1 Å². The van der Waals surface area contributed by atoms with Crippen molar-refractivity contribution in [1.29, 1.82) is 0 Å². The summed E-state index contributed by atoms with van der Waals surface area (Å²) in [6.45, 7) is 1.67. The van der Waals surface area contributed by atoms with Gasteiger partial charge in [-0.05, 0) is 35.3 Å². The molecule has 0 spiro atoms. The minimum absolute atomic E-state index is 0.0453. The zero-order valence-corrected chi connectivity index (χ0v) is 10.6. The highest BCUT2D eigenvalue weighted by Crippen LogP contribution is 2.28. The molecule has 1 atom stereocenters. The van der Waals surface area contributed by atoms with Crippen LogP contribution >= 0.6 is 15.9 Å². The van der Waals surface area contributed by atoms with E-state index in [9.17, 15) is 10.1 Å². The van der Waals surface area contributed by atoms with Crippen LogP contribution < -0.4 is 10.1 Å². The predicted molar refractivity (Wildman–Crippen MR) is 65.1 cm³/mol. The number of nitrogens with zero attached hydrogens (tertiary/aromatic N) is 2. The van der Waals surface area contributed by atoms with Crippen LogP contribution in [0.1, 0.15) is 12.8 Å². The Labute approximate surface area is 107 Å². The highest BCUT2D eigenvalue weighted by atomic mass is 79.9. The van der Waals surface area contributed by atoms with Gasteiger partial charge in [-0.25, -0.2) is 4.98 Å². The summed E-state index contributed by atoms with van der Waals surface area (Å²) in [5.74, 6) is 0.0897. The van der Waals surface area contributed by atoms with E-state index < -0.39 is 4.92 Å². The molecule has 6 nitrogen and oxygen atoms in total. The second-order valence-electron chi connectivity index (χ2n) is 3.82. The maximum Gasteiger partial charge on any atom is 0.332 e. The molecule has 92 valence electrons. The molecule has 1 fully saturated rings. The Kier molecular flexibility index (Phi) is 3.90. The fourth-order valence-electron chi connectivity index (χ4n) is 1.72. The molecule has 1 aliphatic heterocycles. The van der Waals surface area contributed by atoms with E-state index in [0.29, 0.717) is 11.0 Å². The van der Waals surface area contributed by atoms with Crippen LogP contribution in [0.3, 0.4) is 0 Å². The number of piperidine rings is 1. The molecule has 1 N–H and O–H groups in total. The minimum Gasteiger partial charge on any atom is -0.468 e. The molecule has 0 radical (unpaired) electrons. The lowest BCUT2D eigenvalue weighted by Crippen LogP contribution is -2.37. The van der Waals surface area contributed by atoms with E-state index >= 15 is 0 Å². The number of pyridine rings is 1. The molecule has 1 aliphatic rings. The number of nitro groups is 1. The van der Waals surface area contributed by atoms with Gasteiger partial charge in [-0.2, -0.15) is 0 Å². The van der Waals surface area contributed by atoms with Gasteiger partial charge in [0.2, 0.25) is 0 Å². The summed E-state index contributed by atoms with van der Waals surface area (Å²) >= 11 is 3.15. The third-order valence-electron chi connectivity index (χ3n) is 2.53. The quantitative estimate of drug-likeness (QED) is 0.681. The third-order valence-corrected chi connectivity index (χ3v) is 2.96. The highest BCUT2D eigenvalue weighted by molar-refractivity contribution is 9.10. The summed E-state index contributed by atoms with van der Waals surface area (Å²) in [5.41, 5.74) is -0.107. The number of hydrogen-bond acceptors (Lipinski definition) is 5. The Morgan fingerprint density at radius 3 is 3.12 bits per heavy atom. The van der Waals surface area contributed by atoms with E-state index in [2.05, 4.69) is 26.2 Å². The molecule has 17 heavy (non-hydrogen) atoms. The van der Waals surface area contributed by atoms with Crippen LogP contribution in [-0.4, -0.2) is 29.1 Å². The number of aromatic nitrogens is 1. The largest absolute Gasteiger partial charge is 0.468 e. The summed E-state index contributed by atoms with van der Waals surface area (Å²) in [6, 6.07) is 1.40. The zero-order valence-electron chi connectivity index (χ0n) is 9.06. The second-order valence-corrected chi connectivity index (χ2v) is 4.74. The number of ether oxygens (including phenoxy) is 1.